The number of hydrogen-bond donors (Lipinski definition) is 0. The lowest BCUT2D eigenvalue weighted by Crippen LogP contribution is -2.22. The van der Waals surface area contributed by atoms with Crippen LogP contribution in [-0.4, -0.2) is 27.1 Å². The Morgan fingerprint density at radius 1 is 1.15 bits per heavy atom. The highest BCUT2D eigenvalue weighted by molar-refractivity contribution is 5.77. The van der Waals surface area contributed by atoms with Gasteiger partial charge >= 0.3 is 5.97 Å². The van der Waals surface area contributed by atoms with Crippen LogP contribution in [0.2, 0.25) is 0 Å². The molecule has 134 valence electrons. The van der Waals surface area contributed by atoms with E-state index in [0.29, 0.717) is 17.5 Å². The monoisotopic (exact) mass is 351 g/mol. The van der Waals surface area contributed by atoms with Gasteiger partial charge in [0.2, 0.25) is 0 Å². The summed E-state index contributed by atoms with van der Waals surface area (Å²) in [4.78, 5) is 32.9. The maximum atomic E-state index is 12.3. The summed E-state index contributed by atoms with van der Waals surface area (Å²) in [5.74, 6) is -0.317. The number of benzene rings is 1. The van der Waals surface area contributed by atoms with Gasteiger partial charge in [-0.1, -0.05) is 18.2 Å². The second-order valence-electron chi connectivity index (χ2n) is 6.10. The lowest BCUT2D eigenvalue weighted by molar-refractivity contribution is -0.144. The van der Waals surface area contributed by atoms with E-state index in [2.05, 4.69) is 9.97 Å². The van der Waals surface area contributed by atoms with E-state index >= 15 is 0 Å². The molecule has 0 N–H and O–H groups in total. The fourth-order valence-corrected chi connectivity index (χ4v) is 2.73. The smallest absolute Gasteiger partial charge is 0.307 e. The quantitative estimate of drug-likeness (QED) is 0.483. The van der Waals surface area contributed by atoms with E-state index in [4.69, 9.17) is 4.74 Å². The first-order valence-corrected chi connectivity index (χ1v) is 8.66. The van der Waals surface area contributed by atoms with Crippen LogP contribution in [0.4, 0.5) is 0 Å². The summed E-state index contributed by atoms with van der Waals surface area (Å²) in [6.07, 6.45) is 3.10. The number of nitrogens with zero attached hydrogens (tertiary/aromatic N) is 3. The minimum atomic E-state index is -0.317. The third-order valence-corrected chi connectivity index (χ3v) is 4.07. The van der Waals surface area contributed by atoms with Gasteiger partial charge in [0.05, 0.1) is 30.3 Å². The van der Waals surface area contributed by atoms with Gasteiger partial charge in [0.1, 0.15) is 0 Å². The van der Waals surface area contributed by atoms with Gasteiger partial charge in [0, 0.05) is 17.9 Å². The molecule has 3 rings (SSSR count). The van der Waals surface area contributed by atoms with Crippen molar-refractivity contribution in [3.63, 3.8) is 0 Å². The number of para-hydroxylation sites is 1. The number of rotatable bonds is 7. The third-order valence-electron chi connectivity index (χ3n) is 4.07. The van der Waals surface area contributed by atoms with Crippen molar-refractivity contribution in [2.75, 3.05) is 6.61 Å². The molecular weight excluding hydrogens is 330 g/mol. The number of aromatic nitrogens is 3. The van der Waals surface area contributed by atoms with Crippen LogP contribution in [0.3, 0.4) is 0 Å². The highest BCUT2D eigenvalue weighted by Gasteiger charge is 2.07. The third kappa shape index (κ3) is 4.53. The van der Waals surface area contributed by atoms with Crippen LogP contribution < -0.4 is 5.56 Å². The summed E-state index contributed by atoms with van der Waals surface area (Å²) in [7, 11) is 0. The molecule has 0 fully saturated rings. The fourth-order valence-electron chi connectivity index (χ4n) is 2.73. The van der Waals surface area contributed by atoms with Crippen LogP contribution in [0, 0.1) is 6.92 Å². The van der Waals surface area contributed by atoms with E-state index in [1.807, 2.05) is 31.2 Å². The van der Waals surface area contributed by atoms with Gasteiger partial charge in [0.25, 0.3) is 5.56 Å². The van der Waals surface area contributed by atoms with E-state index in [1.165, 1.54) is 10.9 Å². The van der Waals surface area contributed by atoms with E-state index in [-0.39, 0.29) is 24.5 Å². The number of fused-ring (bicyclic) bond motifs is 1. The first-order valence-electron chi connectivity index (χ1n) is 8.66. The number of esters is 1. The average molecular weight is 351 g/mol. The van der Waals surface area contributed by atoms with E-state index in [0.717, 1.165) is 24.2 Å². The maximum absolute atomic E-state index is 12.3. The maximum Gasteiger partial charge on any atom is 0.307 e. The highest BCUT2D eigenvalue weighted by atomic mass is 16.5. The van der Waals surface area contributed by atoms with Crippen LogP contribution in [0.15, 0.2) is 53.6 Å². The molecule has 0 atom stereocenters. The molecule has 0 bridgehead atoms. The Balaban J connectivity index is 1.46. The summed E-state index contributed by atoms with van der Waals surface area (Å²) in [6.45, 7) is 2.56. The number of hydrogen-bond acceptors (Lipinski definition) is 5. The molecule has 0 radical (unpaired) electrons. The number of carbonyl (C=O) groups is 1. The summed E-state index contributed by atoms with van der Waals surface area (Å²) < 4.78 is 6.69. The SMILES string of the molecule is Cc1cccc(CCCOC(=O)CCn2cnc3ccccc3c2=O)n1. The molecule has 0 aliphatic carbocycles. The molecule has 6 nitrogen and oxygen atoms in total. The normalized spacial score (nSPS) is 10.8. The number of ether oxygens (including phenoxy) is 1. The van der Waals surface area contributed by atoms with Crippen LogP contribution in [-0.2, 0) is 22.5 Å². The molecule has 3 aromatic rings. The van der Waals surface area contributed by atoms with Crippen LogP contribution >= 0.6 is 0 Å². The molecule has 0 unspecified atom stereocenters. The van der Waals surface area contributed by atoms with Gasteiger partial charge in [-0.25, -0.2) is 4.98 Å². The van der Waals surface area contributed by atoms with Crippen molar-refractivity contribution in [2.24, 2.45) is 0 Å². The molecule has 0 spiro atoms. The van der Waals surface area contributed by atoms with E-state index in [9.17, 15) is 9.59 Å². The number of carbonyl (C=O) groups excluding carboxylic acids is 1. The molecule has 2 heterocycles. The zero-order valence-corrected chi connectivity index (χ0v) is 14.7. The molecule has 0 saturated carbocycles. The van der Waals surface area contributed by atoms with Crippen molar-refractivity contribution in [1.29, 1.82) is 0 Å². The van der Waals surface area contributed by atoms with Gasteiger partial charge in [0.15, 0.2) is 0 Å². The Bertz CT molecular complexity index is 966. The average Bonchev–Trinajstić information content (AvgIpc) is 2.65. The Hall–Kier alpha value is -3.02. The zero-order valence-electron chi connectivity index (χ0n) is 14.7. The van der Waals surface area contributed by atoms with Crippen molar-refractivity contribution >= 4 is 16.9 Å². The molecule has 0 saturated heterocycles. The second-order valence-corrected chi connectivity index (χ2v) is 6.10. The van der Waals surface area contributed by atoms with Crippen molar-refractivity contribution < 1.29 is 9.53 Å². The molecule has 2 aromatic heterocycles. The molecule has 26 heavy (non-hydrogen) atoms. The Kier molecular flexibility index (Phi) is 5.73. The topological polar surface area (TPSA) is 74.1 Å². The van der Waals surface area contributed by atoms with Crippen LogP contribution in [0.1, 0.15) is 24.2 Å². The molecule has 0 aliphatic rings. The van der Waals surface area contributed by atoms with E-state index < -0.39 is 0 Å². The molecule has 0 amide bonds. The van der Waals surface area contributed by atoms with Gasteiger partial charge in [-0.15, -0.1) is 0 Å². The largest absolute Gasteiger partial charge is 0.466 e. The van der Waals surface area contributed by atoms with E-state index in [1.54, 1.807) is 18.2 Å². The van der Waals surface area contributed by atoms with Crippen molar-refractivity contribution in [1.82, 2.24) is 14.5 Å². The first-order chi connectivity index (χ1) is 12.6. The number of aryl methyl sites for hydroxylation is 3. The molecular formula is C20H21N3O3. The predicted molar refractivity (Wildman–Crippen MR) is 98.9 cm³/mol. The van der Waals surface area contributed by atoms with Gasteiger partial charge in [-0.05, 0) is 44.0 Å². The van der Waals surface area contributed by atoms with Crippen molar-refractivity contribution in [2.45, 2.75) is 32.7 Å². The van der Waals surface area contributed by atoms with Crippen molar-refractivity contribution in [3.05, 3.63) is 70.5 Å². The summed E-state index contributed by atoms with van der Waals surface area (Å²) >= 11 is 0. The standard InChI is InChI=1S/C20H21N3O3/c1-15-6-4-7-16(22-15)8-5-13-26-19(24)11-12-23-14-21-18-10-3-2-9-17(18)20(23)25/h2-4,6-7,9-10,14H,5,8,11-13H2,1H3. The summed E-state index contributed by atoms with van der Waals surface area (Å²) in [6, 6.07) is 13.0. The highest BCUT2D eigenvalue weighted by Crippen LogP contribution is 2.05. The predicted octanol–water partition coefficient (Wildman–Crippen LogP) is 2.67. The Morgan fingerprint density at radius 3 is 2.85 bits per heavy atom. The zero-order chi connectivity index (χ0) is 18.4. The van der Waals surface area contributed by atoms with Crippen LogP contribution in [0.25, 0.3) is 10.9 Å². The Labute approximate surface area is 151 Å². The van der Waals surface area contributed by atoms with Crippen LogP contribution in [0.5, 0.6) is 0 Å². The van der Waals surface area contributed by atoms with Gasteiger partial charge in [-0.2, -0.15) is 0 Å². The minimum absolute atomic E-state index is 0.141. The second kappa shape index (κ2) is 8.38. The first kappa shape index (κ1) is 17.8. The molecule has 1 aromatic carbocycles. The number of pyridine rings is 1. The molecule has 0 aliphatic heterocycles. The lowest BCUT2D eigenvalue weighted by atomic mass is 10.2. The summed E-state index contributed by atoms with van der Waals surface area (Å²) in [5, 5.41) is 0.550. The summed E-state index contributed by atoms with van der Waals surface area (Å²) in [5.41, 5.74) is 2.48. The Morgan fingerprint density at radius 2 is 2.00 bits per heavy atom. The van der Waals surface area contributed by atoms with Gasteiger partial charge < -0.3 is 4.74 Å². The van der Waals surface area contributed by atoms with Gasteiger partial charge in [-0.3, -0.25) is 19.1 Å². The minimum Gasteiger partial charge on any atom is -0.466 e. The fraction of sp³-hybridized carbons (Fsp3) is 0.300. The van der Waals surface area contributed by atoms with Crippen molar-refractivity contribution in [3.8, 4) is 0 Å². The molecule has 6 heteroatoms. The lowest BCUT2D eigenvalue weighted by Gasteiger charge is -2.07.